The minimum atomic E-state index is -4.02. The molecule has 164 valence electrons. The largest absolute Gasteiger partial charge is 0.360 e. The van der Waals surface area contributed by atoms with Crippen LogP contribution in [0.15, 0.2) is 33.7 Å². The lowest BCUT2D eigenvalue weighted by Gasteiger charge is -2.27. The van der Waals surface area contributed by atoms with E-state index < -0.39 is 10.0 Å². The van der Waals surface area contributed by atoms with Crippen LogP contribution in [0.25, 0.3) is 0 Å². The number of benzene rings is 1. The van der Waals surface area contributed by atoms with Crippen LogP contribution in [-0.4, -0.2) is 32.1 Å². The van der Waals surface area contributed by atoms with Crippen LogP contribution in [-0.2, 0) is 14.8 Å². The summed E-state index contributed by atoms with van der Waals surface area (Å²) < 4.78 is 33.3. The second kappa shape index (κ2) is 9.20. The van der Waals surface area contributed by atoms with Gasteiger partial charge in [0.15, 0.2) is 10.7 Å². The van der Waals surface area contributed by atoms with E-state index in [4.69, 9.17) is 4.52 Å². The third kappa shape index (κ3) is 4.86. The van der Waals surface area contributed by atoms with Gasteiger partial charge in [-0.05, 0) is 50.3 Å². The Morgan fingerprint density at radius 2 is 1.80 bits per heavy atom. The van der Waals surface area contributed by atoms with E-state index in [2.05, 4.69) is 24.3 Å². The number of nitrogens with zero attached hydrogens (tertiary/aromatic N) is 2. The summed E-state index contributed by atoms with van der Waals surface area (Å²) in [6, 6.07) is 7.40. The molecule has 0 aliphatic heterocycles. The predicted octanol–water partition coefficient (Wildman–Crippen LogP) is 4.06. The van der Waals surface area contributed by atoms with Crippen molar-refractivity contribution >= 4 is 21.6 Å². The van der Waals surface area contributed by atoms with Crippen molar-refractivity contribution in [2.75, 3.05) is 10.8 Å². The van der Waals surface area contributed by atoms with Crippen LogP contribution in [0.4, 0.5) is 5.69 Å². The van der Waals surface area contributed by atoms with Crippen molar-refractivity contribution in [3.63, 3.8) is 0 Å². The molecule has 1 fully saturated rings. The van der Waals surface area contributed by atoms with E-state index in [0.29, 0.717) is 11.6 Å². The van der Waals surface area contributed by atoms with Crippen molar-refractivity contribution in [2.24, 2.45) is 0 Å². The molecular weight excluding hydrogens is 402 g/mol. The maximum Gasteiger partial charge on any atom is 0.270 e. The van der Waals surface area contributed by atoms with Crippen molar-refractivity contribution in [1.29, 1.82) is 0 Å². The van der Waals surface area contributed by atoms with Gasteiger partial charge in [-0.15, -0.1) is 0 Å². The van der Waals surface area contributed by atoms with Gasteiger partial charge < -0.3 is 9.84 Å². The highest BCUT2D eigenvalue weighted by atomic mass is 32.2. The van der Waals surface area contributed by atoms with Gasteiger partial charge in [0.1, 0.15) is 12.2 Å². The fraction of sp³-hybridized carbons (Fsp3) is 0.545. The lowest BCUT2D eigenvalue weighted by Crippen LogP contribution is -2.45. The van der Waals surface area contributed by atoms with Crippen LogP contribution < -0.4 is 9.62 Å². The van der Waals surface area contributed by atoms with E-state index in [1.54, 1.807) is 26.0 Å². The first-order chi connectivity index (χ1) is 14.2. The molecule has 0 bridgehead atoms. The third-order valence-electron chi connectivity index (χ3n) is 5.62. The Labute approximate surface area is 178 Å². The van der Waals surface area contributed by atoms with Crippen molar-refractivity contribution in [3.8, 4) is 0 Å². The first-order valence-corrected chi connectivity index (χ1v) is 12.0. The van der Waals surface area contributed by atoms with Crippen molar-refractivity contribution in [1.82, 2.24) is 10.5 Å². The molecule has 30 heavy (non-hydrogen) atoms. The molecule has 1 heterocycles. The molecule has 1 aliphatic carbocycles. The predicted molar refractivity (Wildman–Crippen MR) is 116 cm³/mol. The van der Waals surface area contributed by atoms with E-state index in [9.17, 15) is 13.2 Å². The molecule has 1 aromatic heterocycles. The van der Waals surface area contributed by atoms with Gasteiger partial charge in [0.05, 0.1) is 5.69 Å². The van der Waals surface area contributed by atoms with Crippen molar-refractivity contribution < 1.29 is 17.7 Å². The Morgan fingerprint density at radius 1 is 1.17 bits per heavy atom. The van der Waals surface area contributed by atoms with Gasteiger partial charge in [-0.1, -0.05) is 50.4 Å². The van der Waals surface area contributed by atoms with Gasteiger partial charge in [0.2, 0.25) is 5.91 Å². The summed E-state index contributed by atoms with van der Waals surface area (Å²) >= 11 is 0. The monoisotopic (exact) mass is 433 g/mol. The minimum Gasteiger partial charge on any atom is -0.360 e. The highest BCUT2D eigenvalue weighted by Crippen LogP contribution is 2.29. The number of aryl methyl sites for hydroxylation is 2. The summed E-state index contributed by atoms with van der Waals surface area (Å²) in [5.74, 6) is 0.232. The van der Waals surface area contributed by atoms with Crippen molar-refractivity contribution in [3.05, 3.63) is 41.3 Å². The summed E-state index contributed by atoms with van der Waals surface area (Å²) in [7, 11) is -4.02. The number of nitrogens with one attached hydrogen (secondary N) is 1. The smallest absolute Gasteiger partial charge is 0.270 e. The molecule has 1 aliphatic rings. The lowest BCUT2D eigenvalue weighted by molar-refractivity contribution is -0.120. The number of carbonyl (C=O) groups excluding carboxylic acids is 1. The highest BCUT2D eigenvalue weighted by molar-refractivity contribution is 7.93. The number of hydrogen-bond donors (Lipinski definition) is 1. The maximum absolute atomic E-state index is 13.5. The molecule has 0 saturated heterocycles. The molecule has 1 aromatic carbocycles. The second-order valence-electron chi connectivity index (χ2n) is 8.31. The molecule has 0 spiro atoms. The average Bonchev–Trinajstić information content (AvgIpc) is 3.05. The molecule has 1 amide bonds. The SMILES string of the molecule is Cc1noc(C)c1S(=O)(=O)N(CC(=O)NC1CCCCC1)c1ccc(C(C)C)cc1. The summed E-state index contributed by atoms with van der Waals surface area (Å²) in [5.41, 5.74) is 1.82. The van der Waals surface area contributed by atoms with Crippen LogP contribution >= 0.6 is 0 Å². The molecular formula is C22H31N3O4S. The number of anilines is 1. The van der Waals surface area contributed by atoms with Gasteiger partial charge >= 0.3 is 0 Å². The molecule has 7 nitrogen and oxygen atoms in total. The number of carbonyl (C=O) groups is 1. The Bertz CT molecular complexity index is 955. The first kappa shape index (κ1) is 22.3. The van der Waals surface area contributed by atoms with E-state index in [1.165, 1.54) is 6.42 Å². The standard InChI is InChI=1S/C22H31N3O4S/c1-15(2)18-10-12-20(13-11-18)25(14-21(26)23-19-8-6-5-7-9-19)30(27,28)22-16(3)24-29-17(22)4/h10-13,15,19H,5-9,14H2,1-4H3,(H,23,26). The topological polar surface area (TPSA) is 92.5 Å². The van der Waals surface area contributed by atoms with E-state index >= 15 is 0 Å². The van der Waals surface area contributed by atoms with Crippen LogP contribution in [0.5, 0.6) is 0 Å². The van der Waals surface area contributed by atoms with E-state index in [-0.39, 0.29) is 34.8 Å². The quantitative estimate of drug-likeness (QED) is 0.711. The van der Waals surface area contributed by atoms with Gasteiger partial charge in [0, 0.05) is 6.04 Å². The van der Waals surface area contributed by atoms with Crippen LogP contribution in [0.2, 0.25) is 0 Å². The molecule has 0 unspecified atom stereocenters. The zero-order valence-electron chi connectivity index (χ0n) is 18.1. The number of sulfonamides is 1. The Kier molecular flexibility index (Phi) is 6.85. The molecule has 2 aromatic rings. The molecule has 8 heteroatoms. The van der Waals surface area contributed by atoms with Crippen molar-refractivity contribution in [2.45, 2.75) is 76.7 Å². The fourth-order valence-electron chi connectivity index (χ4n) is 3.94. The lowest BCUT2D eigenvalue weighted by atomic mass is 9.95. The highest BCUT2D eigenvalue weighted by Gasteiger charge is 2.33. The Morgan fingerprint density at radius 3 is 2.33 bits per heavy atom. The number of aromatic nitrogens is 1. The van der Waals surface area contributed by atoms with Gasteiger partial charge in [-0.3, -0.25) is 9.10 Å². The fourth-order valence-corrected chi connectivity index (χ4v) is 5.66. The first-order valence-electron chi connectivity index (χ1n) is 10.5. The molecule has 1 N–H and O–H groups in total. The van der Waals surface area contributed by atoms with Crippen LogP contribution in [0, 0.1) is 13.8 Å². The summed E-state index contributed by atoms with van der Waals surface area (Å²) in [6.45, 7) is 7.01. The molecule has 3 rings (SSSR count). The van der Waals surface area contributed by atoms with Crippen LogP contribution in [0.1, 0.15) is 68.9 Å². The molecule has 1 saturated carbocycles. The van der Waals surface area contributed by atoms with E-state index in [0.717, 1.165) is 35.6 Å². The van der Waals surface area contributed by atoms with Gasteiger partial charge in [-0.25, -0.2) is 8.42 Å². The summed E-state index contributed by atoms with van der Waals surface area (Å²) in [5, 5.41) is 6.80. The maximum atomic E-state index is 13.5. The number of hydrogen-bond acceptors (Lipinski definition) is 5. The summed E-state index contributed by atoms with van der Waals surface area (Å²) in [6.07, 6.45) is 5.23. The summed E-state index contributed by atoms with van der Waals surface area (Å²) in [4.78, 5) is 12.8. The molecule has 0 radical (unpaired) electrons. The third-order valence-corrected chi connectivity index (χ3v) is 7.64. The zero-order chi connectivity index (χ0) is 21.9. The Hall–Kier alpha value is -2.35. The van der Waals surface area contributed by atoms with Gasteiger partial charge in [-0.2, -0.15) is 0 Å². The Balaban J connectivity index is 1.93. The number of amides is 1. The number of rotatable bonds is 7. The minimum absolute atomic E-state index is 0.0147. The average molecular weight is 434 g/mol. The zero-order valence-corrected chi connectivity index (χ0v) is 19.0. The second-order valence-corrected chi connectivity index (χ2v) is 10.1. The van der Waals surface area contributed by atoms with E-state index in [1.807, 2.05) is 12.1 Å². The molecule has 0 atom stereocenters. The van der Waals surface area contributed by atoms with Gasteiger partial charge in [0.25, 0.3) is 10.0 Å². The van der Waals surface area contributed by atoms with Crippen LogP contribution in [0.3, 0.4) is 0 Å². The normalized spacial score (nSPS) is 15.4.